The Morgan fingerprint density at radius 1 is 0.769 bits per heavy atom. The van der Waals surface area contributed by atoms with Crippen molar-refractivity contribution in [3.05, 3.63) is 106 Å². The average Bonchev–Trinajstić information content (AvgIpc) is 3.28. The molecule has 6 rings (SSSR count). The summed E-state index contributed by atoms with van der Waals surface area (Å²) in [7, 11) is 0. The van der Waals surface area contributed by atoms with E-state index in [0.29, 0.717) is 29.3 Å². The second-order valence-electron chi connectivity index (χ2n) is 11.1. The number of hydrogen-bond donors (Lipinski definition) is 1. The summed E-state index contributed by atoms with van der Waals surface area (Å²) in [5, 5.41) is 0. The summed E-state index contributed by atoms with van der Waals surface area (Å²) in [5.74, 6) is -3.36. The number of halogens is 3. The van der Waals surface area contributed by atoms with Gasteiger partial charge in [-0.15, -0.1) is 0 Å². The molecule has 202 valence electrons. The number of hydrogen-bond acceptors (Lipinski definition) is 4. The van der Waals surface area contributed by atoms with Gasteiger partial charge in [0.25, 0.3) is 11.8 Å². The van der Waals surface area contributed by atoms with E-state index in [1.54, 1.807) is 24.3 Å². The van der Waals surface area contributed by atoms with Crippen LogP contribution in [0.1, 0.15) is 63.1 Å². The molecule has 3 aliphatic rings. The molecule has 3 heterocycles. The summed E-state index contributed by atoms with van der Waals surface area (Å²) in [4.78, 5) is 29.4. The molecular formula is C31H30F3N3O2. The molecule has 3 atom stereocenters. The minimum Gasteiger partial charge on any atom is -0.327 e. The minimum atomic E-state index is -1.19. The predicted molar refractivity (Wildman–Crippen MR) is 140 cm³/mol. The molecule has 2 N–H and O–H groups in total. The summed E-state index contributed by atoms with van der Waals surface area (Å²) in [5.41, 5.74) is 9.51. The molecule has 2 fully saturated rings. The maximum atomic E-state index is 14.2. The molecule has 39 heavy (non-hydrogen) atoms. The lowest BCUT2D eigenvalue weighted by Crippen LogP contribution is -2.47. The lowest BCUT2D eigenvalue weighted by Gasteiger charge is -2.41. The van der Waals surface area contributed by atoms with Crippen LogP contribution in [0, 0.1) is 23.4 Å². The first-order valence-corrected chi connectivity index (χ1v) is 13.5. The Balaban J connectivity index is 1.10. The largest absolute Gasteiger partial charge is 0.327 e. The Morgan fingerprint density at radius 3 is 2.00 bits per heavy atom. The fourth-order valence-electron chi connectivity index (χ4n) is 6.67. The van der Waals surface area contributed by atoms with Crippen LogP contribution in [-0.4, -0.2) is 39.7 Å². The van der Waals surface area contributed by atoms with E-state index in [4.69, 9.17) is 5.73 Å². The molecule has 0 spiro atoms. The lowest BCUT2D eigenvalue weighted by molar-refractivity contribution is 0.0642. The summed E-state index contributed by atoms with van der Waals surface area (Å²) < 4.78 is 41.2. The van der Waals surface area contributed by atoms with Gasteiger partial charge >= 0.3 is 0 Å². The van der Waals surface area contributed by atoms with E-state index >= 15 is 0 Å². The van der Waals surface area contributed by atoms with Gasteiger partial charge in [-0.05, 0) is 72.9 Å². The second-order valence-corrected chi connectivity index (χ2v) is 11.1. The highest BCUT2D eigenvalue weighted by Gasteiger charge is 2.42. The number of piperidine rings is 1. The SMILES string of the molecule is NC(Cc1cc(F)c(F)cc1F)C1CC2CCC(C1)N2Cc1cccc(CN2C(=O)c3ccccc3C2=O)c1. The number of fused-ring (bicyclic) bond motifs is 3. The second kappa shape index (κ2) is 10.2. The molecule has 2 bridgehead atoms. The summed E-state index contributed by atoms with van der Waals surface area (Å²) in [6, 6.07) is 16.8. The van der Waals surface area contributed by atoms with E-state index in [1.165, 1.54) is 4.90 Å². The molecule has 3 aromatic carbocycles. The van der Waals surface area contributed by atoms with E-state index in [0.717, 1.165) is 49.4 Å². The average molecular weight is 534 g/mol. The Kier molecular flexibility index (Phi) is 6.77. The quantitative estimate of drug-likeness (QED) is 0.334. The maximum absolute atomic E-state index is 14.2. The third-order valence-electron chi connectivity index (χ3n) is 8.65. The number of rotatable bonds is 7. The van der Waals surface area contributed by atoms with Gasteiger partial charge in [0.2, 0.25) is 0 Å². The van der Waals surface area contributed by atoms with Crippen molar-refractivity contribution in [3.63, 3.8) is 0 Å². The van der Waals surface area contributed by atoms with Gasteiger partial charge in [0.15, 0.2) is 11.6 Å². The fourth-order valence-corrected chi connectivity index (χ4v) is 6.67. The van der Waals surface area contributed by atoms with E-state index in [9.17, 15) is 22.8 Å². The summed E-state index contributed by atoms with van der Waals surface area (Å²) in [6.07, 6.45) is 4.03. The molecule has 0 radical (unpaired) electrons. The first-order valence-electron chi connectivity index (χ1n) is 13.5. The number of carbonyl (C=O) groups excluding carboxylic acids is 2. The van der Waals surface area contributed by atoms with E-state index < -0.39 is 17.5 Å². The highest BCUT2D eigenvalue weighted by atomic mass is 19.2. The number of nitrogens with zero attached hydrogens (tertiary/aromatic N) is 2. The van der Waals surface area contributed by atoms with Crippen LogP contribution in [0.25, 0.3) is 0 Å². The van der Waals surface area contributed by atoms with E-state index in [2.05, 4.69) is 17.0 Å². The van der Waals surface area contributed by atoms with Gasteiger partial charge in [-0.1, -0.05) is 36.4 Å². The van der Waals surface area contributed by atoms with Gasteiger partial charge in [0.1, 0.15) is 5.82 Å². The van der Waals surface area contributed by atoms with Gasteiger partial charge < -0.3 is 5.73 Å². The van der Waals surface area contributed by atoms with Gasteiger partial charge in [0, 0.05) is 30.7 Å². The van der Waals surface area contributed by atoms with Crippen molar-refractivity contribution in [1.82, 2.24) is 9.80 Å². The molecule has 2 saturated heterocycles. The smallest absolute Gasteiger partial charge is 0.261 e. The van der Waals surface area contributed by atoms with Crippen LogP contribution in [0.3, 0.4) is 0 Å². The molecule has 3 aromatic rings. The Bertz CT molecular complexity index is 1400. The molecule has 3 unspecified atom stereocenters. The zero-order valence-electron chi connectivity index (χ0n) is 21.5. The van der Waals surface area contributed by atoms with E-state index in [1.807, 2.05) is 12.1 Å². The first kappa shape index (κ1) is 25.8. The van der Waals surface area contributed by atoms with Gasteiger partial charge in [-0.25, -0.2) is 13.2 Å². The Morgan fingerprint density at radius 2 is 1.36 bits per heavy atom. The molecule has 0 saturated carbocycles. The molecule has 5 nitrogen and oxygen atoms in total. The number of nitrogens with two attached hydrogens (primary N) is 1. The van der Waals surface area contributed by atoms with Crippen molar-refractivity contribution in [1.29, 1.82) is 0 Å². The van der Waals surface area contributed by atoms with Crippen LogP contribution >= 0.6 is 0 Å². The lowest BCUT2D eigenvalue weighted by atomic mass is 9.82. The standard InChI is InChI=1S/C31H30F3N3O2/c32-26-15-28(34)27(33)13-20(26)14-29(35)21-11-22-8-9-23(12-21)36(22)16-18-4-3-5-19(10-18)17-37-30(38)24-6-1-2-7-25(24)31(37)39/h1-7,10,13,15,21-23,29H,8-9,11-12,14,16-17,35H2. The molecule has 0 aliphatic carbocycles. The van der Waals surface area contributed by atoms with Crippen molar-refractivity contribution in [2.24, 2.45) is 11.7 Å². The van der Waals surface area contributed by atoms with Crippen molar-refractivity contribution in [3.8, 4) is 0 Å². The highest BCUT2D eigenvalue weighted by molar-refractivity contribution is 6.21. The Labute approximate surface area is 225 Å². The van der Waals surface area contributed by atoms with Gasteiger partial charge in [-0.2, -0.15) is 0 Å². The number of amides is 2. The van der Waals surface area contributed by atoms with Crippen LogP contribution in [0.5, 0.6) is 0 Å². The zero-order valence-corrected chi connectivity index (χ0v) is 21.5. The molecule has 0 aromatic heterocycles. The zero-order chi connectivity index (χ0) is 27.3. The first-order chi connectivity index (χ1) is 18.8. The Hall–Kier alpha value is -3.49. The van der Waals surface area contributed by atoms with Crippen LogP contribution in [-0.2, 0) is 19.5 Å². The number of imide groups is 1. The molecule has 3 aliphatic heterocycles. The third kappa shape index (κ3) is 4.87. The van der Waals surface area contributed by atoms with Gasteiger partial charge in [-0.3, -0.25) is 19.4 Å². The van der Waals surface area contributed by atoms with Crippen LogP contribution in [0.2, 0.25) is 0 Å². The molecular weight excluding hydrogens is 503 g/mol. The third-order valence-corrected chi connectivity index (χ3v) is 8.65. The van der Waals surface area contributed by atoms with Crippen LogP contribution in [0.15, 0.2) is 60.7 Å². The number of carbonyl (C=O) groups is 2. The van der Waals surface area contributed by atoms with E-state index in [-0.39, 0.29) is 42.3 Å². The monoisotopic (exact) mass is 533 g/mol. The summed E-state index contributed by atoms with van der Waals surface area (Å²) >= 11 is 0. The van der Waals surface area contributed by atoms with Crippen molar-refractivity contribution in [2.75, 3.05) is 0 Å². The van der Waals surface area contributed by atoms with Gasteiger partial charge in [0.05, 0.1) is 17.7 Å². The normalized spacial score (nSPS) is 23.4. The topological polar surface area (TPSA) is 66.6 Å². The van der Waals surface area contributed by atoms with Crippen LogP contribution in [0.4, 0.5) is 13.2 Å². The molecule has 2 amide bonds. The van der Waals surface area contributed by atoms with Crippen LogP contribution < -0.4 is 5.73 Å². The minimum absolute atomic E-state index is 0.117. The van der Waals surface area contributed by atoms with Crippen molar-refractivity contribution < 1.29 is 22.8 Å². The highest BCUT2D eigenvalue weighted by Crippen LogP contribution is 2.41. The maximum Gasteiger partial charge on any atom is 0.261 e. The van der Waals surface area contributed by atoms with Crippen molar-refractivity contribution >= 4 is 11.8 Å². The fraction of sp³-hybridized carbons (Fsp3) is 0.355. The number of benzene rings is 3. The predicted octanol–water partition coefficient (Wildman–Crippen LogP) is 5.21. The molecule has 8 heteroatoms. The van der Waals surface area contributed by atoms with Crippen molar-refractivity contribution in [2.45, 2.75) is 63.3 Å². The summed E-state index contributed by atoms with van der Waals surface area (Å²) in [6.45, 7) is 0.982.